The van der Waals surface area contributed by atoms with Gasteiger partial charge in [-0.2, -0.15) is 0 Å². The van der Waals surface area contributed by atoms with E-state index in [9.17, 15) is 22.8 Å². The Labute approximate surface area is 148 Å². The van der Waals surface area contributed by atoms with Crippen molar-refractivity contribution >= 4 is 39.0 Å². The molecule has 132 valence electrons. The number of benzene rings is 1. The maximum absolute atomic E-state index is 11.9. The Balaban J connectivity index is 1.90. The number of sulfone groups is 1. The summed E-state index contributed by atoms with van der Waals surface area (Å²) in [5, 5.41) is 3.80. The van der Waals surface area contributed by atoms with E-state index < -0.39 is 34.2 Å². The molecular formula is C16H15NO6S2. The van der Waals surface area contributed by atoms with Crippen molar-refractivity contribution in [2.24, 2.45) is 0 Å². The van der Waals surface area contributed by atoms with Gasteiger partial charge in [0.05, 0.1) is 16.2 Å². The van der Waals surface area contributed by atoms with Gasteiger partial charge in [0.1, 0.15) is 0 Å². The lowest BCUT2D eigenvalue weighted by molar-refractivity contribution is -0.123. The largest absolute Gasteiger partial charge is 0.452 e. The standard InChI is InChI=1S/C16H15NO6S2/c1-25(21,22)10-11-4-2-5-12(8-11)16(20)23-9-14(18)17-15(19)13-6-3-7-24-13/h2-8H,9-10H2,1H3,(H,17,18,19). The van der Waals surface area contributed by atoms with Crippen molar-refractivity contribution in [1.82, 2.24) is 5.32 Å². The molecule has 0 aliphatic rings. The first-order valence-corrected chi connectivity index (χ1v) is 10.00. The smallest absolute Gasteiger partial charge is 0.338 e. The quantitative estimate of drug-likeness (QED) is 0.758. The molecule has 0 spiro atoms. The second-order valence-electron chi connectivity index (χ2n) is 5.20. The fourth-order valence-corrected chi connectivity index (χ4v) is 3.34. The van der Waals surface area contributed by atoms with Crippen molar-refractivity contribution in [2.45, 2.75) is 5.75 Å². The van der Waals surface area contributed by atoms with Gasteiger partial charge in [-0.05, 0) is 29.1 Å². The molecule has 2 rings (SSSR count). The number of carbonyl (C=O) groups is 3. The first-order chi connectivity index (χ1) is 11.7. The van der Waals surface area contributed by atoms with Crippen LogP contribution in [0.4, 0.5) is 0 Å². The van der Waals surface area contributed by atoms with Crippen molar-refractivity contribution in [3.8, 4) is 0 Å². The number of carbonyl (C=O) groups excluding carboxylic acids is 3. The van der Waals surface area contributed by atoms with Crippen molar-refractivity contribution < 1.29 is 27.5 Å². The van der Waals surface area contributed by atoms with Crippen LogP contribution >= 0.6 is 11.3 Å². The minimum Gasteiger partial charge on any atom is -0.452 e. The highest BCUT2D eigenvalue weighted by Crippen LogP contribution is 2.10. The summed E-state index contributed by atoms with van der Waals surface area (Å²) in [6, 6.07) is 9.17. The topological polar surface area (TPSA) is 107 Å². The SMILES string of the molecule is CS(=O)(=O)Cc1cccc(C(=O)OCC(=O)NC(=O)c2cccs2)c1. The highest BCUT2D eigenvalue weighted by molar-refractivity contribution is 7.89. The minimum absolute atomic E-state index is 0.124. The van der Waals surface area contributed by atoms with Crippen LogP contribution in [0.1, 0.15) is 25.6 Å². The van der Waals surface area contributed by atoms with E-state index in [0.717, 1.165) is 6.26 Å². The van der Waals surface area contributed by atoms with Crippen LogP contribution in [0.2, 0.25) is 0 Å². The number of esters is 1. The molecule has 9 heteroatoms. The lowest BCUT2D eigenvalue weighted by Gasteiger charge is -2.06. The average molecular weight is 381 g/mol. The Bertz CT molecular complexity index is 887. The van der Waals surface area contributed by atoms with E-state index in [4.69, 9.17) is 4.74 Å². The summed E-state index contributed by atoms with van der Waals surface area (Å²) in [6.45, 7) is -0.619. The van der Waals surface area contributed by atoms with Crippen LogP contribution in [0.15, 0.2) is 41.8 Å². The molecule has 1 heterocycles. The molecule has 0 atom stereocenters. The first kappa shape index (κ1) is 18.8. The maximum atomic E-state index is 11.9. The summed E-state index contributed by atoms with van der Waals surface area (Å²) in [5.74, 6) is -2.30. The van der Waals surface area contributed by atoms with Gasteiger partial charge in [-0.3, -0.25) is 14.9 Å². The molecular weight excluding hydrogens is 366 g/mol. The molecule has 25 heavy (non-hydrogen) atoms. The molecule has 7 nitrogen and oxygen atoms in total. The van der Waals surface area contributed by atoms with Crippen molar-refractivity contribution in [3.05, 3.63) is 57.8 Å². The van der Waals surface area contributed by atoms with E-state index in [2.05, 4.69) is 5.32 Å². The summed E-state index contributed by atoms with van der Waals surface area (Å²) >= 11 is 1.18. The Hall–Kier alpha value is -2.52. The second-order valence-corrected chi connectivity index (χ2v) is 8.29. The zero-order valence-corrected chi connectivity index (χ0v) is 14.9. The van der Waals surface area contributed by atoms with E-state index in [1.54, 1.807) is 23.6 Å². The number of rotatable bonds is 6. The van der Waals surface area contributed by atoms with Crippen LogP contribution in [-0.2, 0) is 25.1 Å². The molecule has 0 aliphatic heterocycles. The van der Waals surface area contributed by atoms with E-state index in [0.29, 0.717) is 10.4 Å². The van der Waals surface area contributed by atoms with Crippen LogP contribution in [-0.4, -0.2) is 39.1 Å². The highest BCUT2D eigenvalue weighted by atomic mass is 32.2. The molecule has 1 aromatic heterocycles. The van der Waals surface area contributed by atoms with Crippen LogP contribution in [0.5, 0.6) is 0 Å². The molecule has 0 bridgehead atoms. The number of nitrogens with one attached hydrogen (secondary N) is 1. The predicted molar refractivity (Wildman–Crippen MR) is 92.1 cm³/mol. The van der Waals surface area contributed by atoms with Crippen molar-refractivity contribution in [1.29, 1.82) is 0 Å². The van der Waals surface area contributed by atoms with E-state index in [-0.39, 0.29) is 11.3 Å². The van der Waals surface area contributed by atoms with Gasteiger partial charge in [0.2, 0.25) is 0 Å². The number of amides is 2. The van der Waals surface area contributed by atoms with Gasteiger partial charge in [0.25, 0.3) is 11.8 Å². The Kier molecular flexibility index (Phi) is 6.05. The fraction of sp³-hybridized carbons (Fsp3) is 0.188. The Morgan fingerprint density at radius 2 is 1.92 bits per heavy atom. The van der Waals surface area contributed by atoms with Crippen LogP contribution in [0.25, 0.3) is 0 Å². The molecule has 0 aliphatic carbocycles. The van der Waals surface area contributed by atoms with Gasteiger partial charge >= 0.3 is 5.97 Å². The third-order valence-electron chi connectivity index (χ3n) is 2.92. The minimum atomic E-state index is -3.23. The number of hydrogen-bond donors (Lipinski definition) is 1. The lowest BCUT2D eigenvalue weighted by Crippen LogP contribution is -2.33. The predicted octanol–water partition coefficient (Wildman–Crippen LogP) is 1.41. The molecule has 0 unspecified atom stereocenters. The van der Waals surface area contributed by atoms with E-state index in [1.165, 1.54) is 29.5 Å². The van der Waals surface area contributed by atoms with Gasteiger partial charge in [0.15, 0.2) is 16.4 Å². The second kappa shape index (κ2) is 8.04. The van der Waals surface area contributed by atoms with Gasteiger partial charge in [0, 0.05) is 6.26 Å². The Morgan fingerprint density at radius 1 is 1.16 bits per heavy atom. The number of hydrogen-bond acceptors (Lipinski definition) is 7. The highest BCUT2D eigenvalue weighted by Gasteiger charge is 2.15. The van der Waals surface area contributed by atoms with Crippen molar-refractivity contribution in [2.75, 3.05) is 12.9 Å². The number of thiophene rings is 1. The maximum Gasteiger partial charge on any atom is 0.338 e. The van der Waals surface area contributed by atoms with Crippen LogP contribution in [0, 0.1) is 0 Å². The third kappa shape index (κ3) is 6.12. The lowest BCUT2D eigenvalue weighted by atomic mass is 10.1. The number of imide groups is 1. The third-order valence-corrected chi connectivity index (χ3v) is 4.65. The van der Waals surface area contributed by atoms with Crippen LogP contribution in [0.3, 0.4) is 0 Å². The van der Waals surface area contributed by atoms with Gasteiger partial charge in [-0.15, -0.1) is 11.3 Å². The van der Waals surface area contributed by atoms with Gasteiger partial charge < -0.3 is 4.74 Å². The van der Waals surface area contributed by atoms with E-state index >= 15 is 0 Å². The molecule has 1 N–H and O–H groups in total. The normalized spacial score (nSPS) is 10.9. The summed E-state index contributed by atoms with van der Waals surface area (Å²) in [7, 11) is -3.23. The molecule has 2 amide bonds. The zero-order valence-electron chi connectivity index (χ0n) is 13.2. The summed E-state index contributed by atoms with van der Waals surface area (Å²) in [4.78, 5) is 35.7. The number of ether oxygens (including phenoxy) is 1. The van der Waals surface area contributed by atoms with Crippen molar-refractivity contribution in [3.63, 3.8) is 0 Å². The Morgan fingerprint density at radius 3 is 2.56 bits per heavy atom. The molecule has 1 aromatic carbocycles. The molecule has 2 aromatic rings. The first-order valence-electron chi connectivity index (χ1n) is 7.06. The fourth-order valence-electron chi connectivity index (χ4n) is 1.94. The average Bonchev–Trinajstić information content (AvgIpc) is 3.05. The summed E-state index contributed by atoms with van der Waals surface area (Å²) in [6.07, 6.45) is 1.09. The van der Waals surface area contributed by atoms with Gasteiger partial charge in [-0.25, -0.2) is 13.2 Å². The molecule has 0 saturated heterocycles. The molecule has 0 radical (unpaired) electrons. The summed E-state index contributed by atoms with van der Waals surface area (Å²) in [5.41, 5.74) is 0.563. The summed E-state index contributed by atoms with van der Waals surface area (Å²) < 4.78 is 27.4. The molecule has 0 saturated carbocycles. The molecule has 0 fully saturated rings. The van der Waals surface area contributed by atoms with Gasteiger partial charge in [-0.1, -0.05) is 18.2 Å². The zero-order chi connectivity index (χ0) is 18.4. The van der Waals surface area contributed by atoms with E-state index in [1.807, 2.05) is 0 Å². The van der Waals surface area contributed by atoms with Crippen LogP contribution < -0.4 is 5.32 Å². The monoisotopic (exact) mass is 381 g/mol.